The highest BCUT2D eigenvalue weighted by Gasteiger charge is 2.12. The van der Waals surface area contributed by atoms with Crippen LogP contribution in [0.3, 0.4) is 0 Å². The number of aromatic nitrogens is 4. The number of methoxy groups -OCH3 is 1. The summed E-state index contributed by atoms with van der Waals surface area (Å²) in [4.78, 5) is 14.2. The lowest BCUT2D eigenvalue weighted by atomic mass is 10.1. The van der Waals surface area contributed by atoms with Gasteiger partial charge in [-0.1, -0.05) is 12.1 Å². The highest BCUT2D eigenvalue weighted by Crippen LogP contribution is 2.14. The number of hydrogen-bond donors (Lipinski definition) is 0. The molecule has 3 rings (SSSR count). The predicted octanol–water partition coefficient (Wildman–Crippen LogP) is 1.94. The Morgan fingerprint density at radius 2 is 1.83 bits per heavy atom. The van der Waals surface area contributed by atoms with Gasteiger partial charge in [-0.25, -0.2) is 4.68 Å². The van der Waals surface area contributed by atoms with Crippen LogP contribution in [0.25, 0.3) is 5.69 Å². The molecule has 0 unspecified atom stereocenters. The van der Waals surface area contributed by atoms with E-state index in [9.17, 15) is 4.79 Å². The molecule has 2 aromatic carbocycles. The van der Waals surface area contributed by atoms with Crippen molar-refractivity contribution in [3.63, 3.8) is 0 Å². The van der Waals surface area contributed by atoms with Crippen LogP contribution in [-0.2, 0) is 6.54 Å². The average Bonchev–Trinajstić information content (AvgIpc) is 3.16. The molecule has 1 heterocycles. The minimum Gasteiger partial charge on any atom is -0.497 e. The van der Waals surface area contributed by atoms with Gasteiger partial charge in [0.2, 0.25) is 0 Å². The topological polar surface area (TPSA) is 73.1 Å². The van der Waals surface area contributed by atoms with E-state index in [1.807, 2.05) is 36.4 Å². The van der Waals surface area contributed by atoms with Crippen molar-refractivity contribution < 1.29 is 9.53 Å². The van der Waals surface area contributed by atoms with Gasteiger partial charge in [0, 0.05) is 19.2 Å². The normalized spacial score (nSPS) is 10.4. The number of nitrogens with zero attached hydrogens (tertiary/aromatic N) is 5. The second kappa shape index (κ2) is 6.91. The number of carbonyl (C=O) groups is 1. The SMILES string of the molecule is COc1ccc(CN(C)C(=O)c2ccc(-n3cnnn3)cc2)cc1. The van der Waals surface area contributed by atoms with Crippen LogP contribution in [0.4, 0.5) is 0 Å². The van der Waals surface area contributed by atoms with Crippen LogP contribution in [-0.4, -0.2) is 45.2 Å². The standard InChI is InChI=1S/C17H17N5O2/c1-21(11-13-3-9-16(24-2)10-4-13)17(23)14-5-7-15(8-6-14)22-12-18-19-20-22/h3-10,12H,11H2,1-2H3. The third kappa shape index (κ3) is 3.40. The number of ether oxygens (including phenoxy) is 1. The quantitative estimate of drug-likeness (QED) is 0.717. The first kappa shape index (κ1) is 15.7. The van der Waals surface area contributed by atoms with Gasteiger partial charge in [0.25, 0.3) is 5.91 Å². The molecule has 0 spiro atoms. The molecule has 7 heteroatoms. The Labute approximate surface area is 139 Å². The van der Waals surface area contributed by atoms with E-state index >= 15 is 0 Å². The molecule has 0 atom stereocenters. The summed E-state index contributed by atoms with van der Waals surface area (Å²) in [5, 5.41) is 11.0. The highest BCUT2D eigenvalue weighted by molar-refractivity contribution is 5.94. The van der Waals surface area contributed by atoms with Crippen LogP contribution in [0.15, 0.2) is 54.9 Å². The molecule has 0 saturated heterocycles. The molecule has 3 aromatic rings. The van der Waals surface area contributed by atoms with Gasteiger partial charge in [-0.3, -0.25) is 4.79 Å². The molecule has 7 nitrogen and oxygen atoms in total. The maximum Gasteiger partial charge on any atom is 0.253 e. The van der Waals surface area contributed by atoms with Crippen LogP contribution < -0.4 is 4.74 Å². The molecule has 0 radical (unpaired) electrons. The van der Waals surface area contributed by atoms with Crippen molar-refractivity contribution in [1.82, 2.24) is 25.1 Å². The van der Waals surface area contributed by atoms with Gasteiger partial charge < -0.3 is 9.64 Å². The van der Waals surface area contributed by atoms with Gasteiger partial charge in [0.1, 0.15) is 12.1 Å². The molecule has 0 bridgehead atoms. The molecule has 1 amide bonds. The summed E-state index contributed by atoms with van der Waals surface area (Å²) in [5.74, 6) is 0.750. The van der Waals surface area contributed by atoms with Crippen molar-refractivity contribution in [2.24, 2.45) is 0 Å². The van der Waals surface area contributed by atoms with Gasteiger partial charge >= 0.3 is 0 Å². The number of carbonyl (C=O) groups excluding carboxylic acids is 1. The van der Waals surface area contributed by atoms with Gasteiger partial charge in [0.15, 0.2) is 0 Å². The largest absolute Gasteiger partial charge is 0.497 e. The van der Waals surface area contributed by atoms with Crippen LogP contribution in [0.1, 0.15) is 15.9 Å². The Hall–Kier alpha value is -3.22. The molecular formula is C17H17N5O2. The Kier molecular flexibility index (Phi) is 4.51. The van der Waals surface area contributed by atoms with Gasteiger partial charge in [-0.2, -0.15) is 0 Å². The molecule has 0 saturated carbocycles. The Morgan fingerprint density at radius 3 is 2.42 bits per heavy atom. The Bertz CT molecular complexity index is 798. The summed E-state index contributed by atoms with van der Waals surface area (Å²) in [6.45, 7) is 0.525. The van der Waals surface area contributed by atoms with Crippen molar-refractivity contribution in [2.75, 3.05) is 14.2 Å². The molecule has 0 aliphatic heterocycles. The third-order valence-electron chi connectivity index (χ3n) is 3.65. The maximum absolute atomic E-state index is 12.5. The minimum atomic E-state index is -0.0471. The summed E-state index contributed by atoms with van der Waals surface area (Å²) in [7, 11) is 3.41. The lowest BCUT2D eigenvalue weighted by Crippen LogP contribution is -2.26. The van der Waals surface area contributed by atoms with Crippen molar-refractivity contribution in [2.45, 2.75) is 6.54 Å². The van der Waals surface area contributed by atoms with Gasteiger partial charge in [-0.05, 0) is 52.4 Å². The number of rotatable bonds is 5. The van der Waals surface area contributed by atoms with E-state index in [1.54, 1.807) is 31.2 Å². The first-order chi connectivity index (χ1) is 11.7. The molecule has 24 heavy (non-hydrogen) atoms. The smallest absolute Gasteiger partial charge is 0.253 e. The fourth-order valence-electron chi connectivity index (χ4n) is 2.33. The summed E-state index contributed by atoms with van der Waals surface area (Å²) < 4.78 is 6.67. The number of hydrogen-bond acceptors (Lipinski definition) is 5. The number of tetrazole rings is 1. The van der Waals surface area contributed by atoms with E-state index in [2.05, 4.69) is 15.5 Å². The Balaban J connectivity index is 1.68. The van der Waals surface area contributed by atoms with Crippen LogP contribution in [0.5, 0.6) is 5.75 Å². The monoisotopic (exact) mass is 323 g/mol. The van der Waals surface area contributed by atoms with Crippen molar-refractivity contribution >= 4 is 5.91 Å². The van der Waals surface area contributed by atoms with E-state index in [-0.39, 0.29) is 5.91 Å². The van der Waals surface area contributed by atoms with Crippen molar-refractivity contribution in [3.8, 4) is 11.4 Å². The summed E-state index contributed by atoms with van der Waals surface area (Å²) in [5.41, 5.74) is 2.45. The lowest BCUT2D eigenvalue weighted by Gasteiger charge is -2.17. The molecule has 122 valence electrons. The molecule has 0 aliphatic carbocycles. The summed E-state index contributed by atoms with van der Waals surface area (Å²) in [6, 6.07) is 14.8. The molecule has 0 N–H and O–H groups in total. The zero-order valence-corrected chi connectivity index (χ0v) is 13.5. The second-order valence-corrected chi connectivity index (χ2v) is 5.31. The number of benzene rings is 2. The molecular weight excluding hydrogens is 306 g/mol. The van der Waals surface area contributed by atoms with Crippen molar-refractivity contribution in [1.29, 1.82) is 0 Å². The van der Waals surface area contributed by atoms with Crippen LogP contribution >= 0.6 is 0 Å². The van der Waals surface area contributed by atoms with Crippen molar-refractivity contribution in [3.05, 3.63) is 66.0 Å². The minimum absolute atomic E-state index is 0.0471. The van der Waals surface area contributed by atoms with Crippen LogP contribution in [0.2, 0.25) is 0 Å². The summed E-state index contributed by atoms with van der Waals surface area (Å²) >= 11 is 0. The highest BCUT2D eigenvalue weighted by atomic mass is 16.5. The van der Waals surface area contributed by atoms with E-state index in [0.29, 0.717) is 12.1 Å². The Morgan fingerprint density at radius 1 is 1.12 bits per heavy atom. The molecule has 0 aliphatic rings. The summed E-state index contributed by atoms with van der Waals surface area (Å²) in [6.07, 6.45) is 1.51. The number of amides is 1. The first-order valence-electron chi connectivity index (χ1n) is 7.39. The predicted molar refractivity (Wildman–Crippen MR) is 87.9 cm³/mol. The van der Waals surface area contributed by atoms with Gasteiger partial charge in [0.05, 0.1) is 12.8 Å². The first-order valence-corrected chi connectivity index (χ1v) is 7.39. The molecule has 0 fully saturated rings. The fourth-order valence-corrected chi connectivity index (χ4v) is 2.33. The van der Waals surface area contributed by atoms with Gasteiger partial charge in [-0.15, -0.1) is 5.10 Å². The average molecular weight is 323 g/mol. The van der Waals surface area contributed by atoms with E-state index < -0.39 is 0 Å². The lowest BCUT2D eigenvalue weighted by molar-refractivity contribution is 0.0785. The maximum atomic E-state index is 12.5. The second-order valence-electron chi connectivity index (χ2n) is 5.31. The zero-order valence-electron chi connectivity index (χ0n) is 13.5. The zero-order chi connectivity index (χ0) is 16.9. The third-order valence-corrected chi connectivity index (χ3v) is 3.65. The van der Waals surface area contributed by atoms with Crippen LogP contribution in [0, 0.1) is 0 Å². The van der Waals surface area contributed by atoms with E-state index in [4.69, 9.17) is 4.74 Å². The fraction of sp³-hybridized carbons (Fsp3) is 0.176. The van der Waals surface area contributed by atoms with E-state index in [1.165, 1.54) is 11.0 Å². The van der Waals surface area contributed by atoms with E-state index in [0.717, 1.165) is 17.0 Å². The molecule has 1 aromatic heterocycles.